The molecule has 0 bridgehead atoms. The average Bonchev–Trinajstić information content (AvgIpc) is 2.97. The van der Waals surface area contributed by atoms with Crippen LogP contribution in [0.1, 0.15) is 55.3 Å². The van der Waals surface area contributed by atoms with Crippen molar-refractivity contribution in [2.24, 2.45) is 0 Å². The highest BCUT2D eigenvalue weighted by Gasteiger charge is 2.26. The predicted molar refractivity (Wildman–Crippen MR) is 95.8 cm³/mol. The standard InChI is InChI=1S/C19H22N4O2/c1-10(2)17-21-19-20-13(5)15(12(4)18(24)25)16(23(19)22-17)14-8-6-11(3)7-9-14/h6-10,12H,1-5H3,(H,24,25). The SMILES string of the molecule is Cc1ccc(-c2c(C(C)C(=O)O)c(C)nc3nc(C(C)C)nn23)cc1. The summed E-state index contributed by atoms with van der Waals surface area (Å²) in [5.41, 5.74) is 4.13. The number of nitrogens with zero attached hydrogens (tertiary/aromatic N) is 4. The van der Waals surface area contributed by atoms with Crippen LogP contribution in [-0.4, -0.2) is 30.7 Å². The number of hydrogen-bond acceptors (Lipinski definition) is 4. The molecule has 2 heterocycles. The van der Waals surface area contributed by atoms with Crippen LogP contribution in [0.4, 0.5) is 0 Å². The van der Waals surface area contributed by atoms with Gasteiger partial charge in [0, 0.05) is 22.7 Å². The van der Waals surface area contributed by atoms with Gasteiger partial charge in [-0.05, 0) is 20.8 Å². The third kappa shape index (κ3) is 2.99. The van der Waals surface area contributed by atoms with Crippen LogP contribution in [0, 0.1) is 13.8 Å². The molecule has 6 heteroatoms. The number of carboxylic acids is 1. The molecule has 6 nitrogen and oxygen atoms in total. The molecule has 3 aromatic rings. The molecule has 0 aliphatic carbocycles. The maximum atomic E-state index is 11.7. The second kappa shape index (κ2) is 6.27. The molecule has 0 aliphatic rings. The minimum absolute atomic E-state index is 0.160. The molecule has 3 rings (SSSR count). The Morgan fingerprint density at radius 2 is 1.72 bits per heavy atom. The first-order chi connectivity index (χ1) is 11.8. The molecule has 130 valence electrons. The normalized spacial score (nSPS) is 12.7. The number of aromatic nitrogens is 4. The van der Waals surface area contributed by atoms with Crippen molar-refractivity contribution in [1.82, 2.24) is 19.6 Å². The van der Waals surface area contributed by atoms with Crippen LogP contribution in [-0.2, 0) is 4.79 Å². The molecule has 0 radical (unpaired) electrons. The van der Waals surface area contributed by atoms with Crippen LogP contribution in [0.3, 0.4) is 0 Å². The Morgan fingerprint density at radius 1 is 1.08 bits per heavy atom. The van der Waals surface area contributed by atoms with E-state index in [1.165, 1.54) is 0 Å². The Labute approximate surface area is 146 Å². The molecule has 1 aromatic carbocycles. The molecule has 0 saturated carbocycles. The lowest BCUT2D eigenvalue weighted by molar-refractivity contribution is -0.138. The van der Waals surface area contributed by atoms with Gasteiger partial charge in [0.15, 0.2) is 5.82 Å². The smallest absolute Gasteiger partial charge is 0.310 e. The van der Waals surface area contributed by atoms with Crippen LogP contribution in [0.2, 0.25) is 0 Å². The van der Waals surface area contributed by atoms with Crippen molar-refractivity contribution in [3.8, 4) is 11.3 Å². The fourth-order valence-corrected chi connectivity index (χ4v) is 2.91. The van der Waals surface area contributed by atoms with Gasteiger partial charge in [-0.2, -0.15) is 9.50 Å². The van der Waals surface area contributed by atoms with Gasteiger partial charge in [0.25, 0.3) is 5.78 Å². The number of hydrogen-bond donors (Lipinski definition) is 1. The van der Waals surface area contributed by atoms with Crippen LogP contribution in [0.5, 0.6) is 0 Å². The third-order valence-corrected chi connectivity index (χ3v) is 4.38. The first-order valence-electron chi connectivity index (χ1n) is 8.36. The van der Waals surface area contributed by atoms with E-state index in [-0.39, 0.29) is 5.92 Å². The second-order valence-corrected chi connectivity index (χ2v) is 6.72. The maximum Gasteiger partial charge on any atom is 0.310 e. The number of carbonyl (C=O) groups is 1. The summed E-state index contributed by atoms with van der Waals surface area (Å²) in [6.07, 6.45) is 0. The molecule has 2 aromatic heterocycles. The fraction of sp³-hybridized carbons (Fsp3) is 0.368. The number of aryl methyl sites for hydroxylation is 2. The lowest BCUT2D eigenvalue weighted by Crippen LogP contribution is -2.14. The molecule has 25 heavy (non-hydrogen) atoms. The molecule has 1 unspecified atom stereocenters. The molecule has 1 atom stereocenters. The van der Waals surface area contributed by atoms with Gasteiger partial charge in [0.05, 0.1) is 11.6 Å². The average molecular weight is 338 g/mol. The highest BCUT2D eigenvalue weighted by molar-refractivity contribution is 5.80. The minimum atomic E-state index is -0.887. The number of aliphatic carboxylic acids is 1. The Kier molecular flexibility index (Phi) is 4.29. The first-order valence-corrected chi connectivity index (χ1v) is 8.36. The second-order valence-electron chi connectivity index (χ2n) is 6.72. The number of rotatable bonds is 4. The summed E-state index contributed by atoms with van der Waals surface area (Å²) in [6.45, 7) is 9.57. The van der Waals surface area contributed by atoms with Crippen molar-refractivity contribution >= 4 is 11.7 Å². The van der Waals surface area contributed by atoms with E-state index in [1.807, 2.05) is 52.0 Å². The summed E-state index contributed by atoms with van der Waals surface area (Å²) < 4.78 is 1.68. The van der Waals surface area contributed by atoms with Crippen LogP contribution in [0.15, 0.2) is 24.3 Å². The maximum absolute atomic E-state index is 11.7. The van der Waals surface area contributed by atoms with Gasteiger partial charge in [-0.3, -0.25) is 4.79 Å². The van der Waals surface area contributed by atoms with E-state index >= 15 is 0 Å². The summed E-state index contributed by atoms with van der Waals surface area (Å²) in [7, 11) is 0. The van der Waals surface area contributed by atoms with Gasteiger partial charge in [-0.1, -0.05) is 43.7 Å². The zero-order chi connectivity index (χ0) is 18.3. The van der Waals surface area contributed by atoms with Crippen molar-refractivity contribution in [3.05, 3.63) is 46.9 Å². The van der Waals surface area contributed by atoms with Crippen LogP contribution in [0.25, 0.3) is 17.0 Å². The van der Waals surface area contributed by atoms with E-state index in [0.717, 1.165) is 16.8 Å². The van der Waals surface area contributed by atoms with Crippen molar-refractivity contribution in [2.75, 3.05) is 0 Å². The highest BCUT2D eigenvalue weighted by atomic mass is 16.4. The van der Waals surface area contributed by atoms with Crippen molar-refractivity contribution < 1.29 is 9.90 Å². The van der Waals surface area contributed by atoms with Crippen LogP contribution >= 0.6 is 0 Å². The molecule has 0 aliphatic heterocycles. The summed E-state index contributed by atoms with van der Waals surface area (Å²) in [5.74, 6) is -0.228. The number of fused-ring (bicyclic) bond motifs is 1. The lowest BCUT2D eigenvalue weighted by atomic mass is 9.94. The fourth-order valence-electron chi connectivity index (χ4n) is 2.91. The monoisotopic (exact) mass is 338 g/mol. The van der Waals surface area contributed by atoms with Crippen molar-refractivity contribution in [1.29, 1.82) is 0 Å². The van der Waals surface area contributed by atoms with Gasteiger partial charge in [0.2, 0.25) is 0 Å². The van der Waals surface area contributed by atoms with Crippen molar-refractivity contribution in [3.63, 3.8) is 0 Å². The number of benzene rings is 1. The highest BCUT2D eigenvalue weighted by Crippen LogP contribution is 2.32. The van der Waals surface area contributed by atoms with Crippen molar-refractivity contribution in [2.45, 2.75) is 46.5 Å². The molecule has 0 saturated heterocycles. The predicted octanol–water partition coefficient (Wildman–Crippen LogP) is 3.72. The summed E-state index contributed by atoms with van der Waals surface area (Å²) in [6, 6.07) is 7.98. The molecular formula is C19H22N4O2. The van der Waals surface area contributed by atoms with Gasteiger partial charge in [0.1, 0.15) is 0 Å². The van der Waals surface area contributed by atoms with Crippen LogP contribution < -0.4 is 0 Å². The summed E-state index contributed by atoms with van der Waals surface area (Å²) in [5, 5.41) is 14.2. The van der Waals surface area contributed by atoms with Gasteiger partial charge in [-0.25, -0.2) is 4.98 Å². The molecule has 0 fully saturated rings. The Balaban J connectivity index is 2.40. The van der Waals surface area contributed by atoms with E-state index in [0.29, 0.717) is 22.9 Å². The zero-order valence-corrected chi connectivity index (χ0v) is 15.1. The summed E-state index contributed by atoms with van der Waals surface area (Å²) in [4.78, 5) is 20.7. The molecule has 0 amide bonds. The summed E-state index contributed by atoms with van der Waals surface area (Å²) >= 11 is 0. The third-order valence-electron chi connectivity index (χ3n) is 4.38. The van der Waals surface area contributed by atoms with E-state index in [9.17, 15) is 9.90 Å². The molecular weight excluding hydrogens is 316 g/mol. The topological polar surface area (TPSA) is 80.4 Å². The number of carboxylic acid groups (broad SMARTS) is 1. The quantitative estimate of drug-likeness (QED) is 0.784. The van der Waals surface area contributed by atoms with E-state index in [1.54, 1.807) is 11.4 Å². The lowest BCUT2D eigenvalue weighted by Gasteiger charge is -2.17. The Bertz CT molecular complexity index is 942. The van der Waals surface area contributed by atoms with E-state index < -0.39 is 11.9 Å². The Hall–Kier alpha value is -2.76. The van der Waals surface area contributed by atoms with Gasteiger partial charge < -0.3 is 5.11 Å². The zero-order valence-electron chi connectivity index (χ0n) is 15.1. The molecule has 0 spiro atoms. The Morgan fingerprint density at radius 3 is 2.28 bits per heavy atom. The van der Waals surface area contributed by atoms with E-state index in [2.05, 4.69) is 15.1 Å². The van der Waals surface area contributed by atoms with Gasteiger partial charge in [-0.15, -0.1) is 5.10 Å². The molecule has 1 N–H and O–H groups in total. The van der Waals surface area contributed by atoms with Gasteiger partial charge >= 0.3 is 5.97 Å². The largest absolute Gasteiger partial charge is 0.481 e. The minimum Gasteiger partial charge on any atom is -0.481 e. The first kappa shape index (κ1) is 17.1. The van der Waals surface area contributed by atoms with E-state index in [4.69, 9.17) is 0 Å².